The molecule has 0 spiro atoms. The average Bonchev–Trinajstić information content (AvgIpc) is 2.68. The molecule has 0 aromatic carbocycles. The molecule has 3 aliphatic rings. The van der Waals surface area contributed by atoms with Crippen molar-refractivity contribution in [1.82, 2.24) is 25.0 Å². The van der Waals surface area contributed by atoms with Gasteiger partial charge in [-0.1, -0.05) is 19.8 Å². The number of nitrogens with zero attached hydrogens (tertiary/aromatic N) is 4. The number of anilines is 1. The number of nitrogens with two attached hydrogens (primary N) is 1. The first-order valence-electron chi connectivity index (χ1n) is 10.8. The van der Waals surface area contributed by atoms with E-state index in [1.165, 1.54) is 38.5 Å². The Bertz CT molecular complexity index is 763. The van der Waals surface area contributed by atoms with Crippen molar-refractivity contribution in [1.29, 1.82) is 0 Å². The molecule has 3 saturated heterocycles. The summed E-state index contributed by atoms with van der Waals surface area (Å²) in [5, 5.41) is 7.52. The number of carbonyl (C=O) groups is 1. The molecule has 3 N–H and O–H groups in total. The van der Waals surface area contributed by atoms with Gasteiger partial charge in [0, 0.05) is 44.6 Å². The standard InChI is InChI=1S/C20H32N6O2/c1-2-4-15-5-3-6-17-14-9-13(11-26(15)17)10-25(12-14)18(27)8-7-16-19(28)22-20(21)24-23-16/h13-15,17H,2-12H2,1H3,(H3,21,22,24,28)/t13-,14+,15-,17-/m0/s1. The van der Waals surface area contributed by atoms with E-state index < -0.39 is 0 Å². The van der Waals surface area contributed by atoms with Crippen molar-refractivity contribution in [2.75, 3.05) is 25.4 Å². The molecule has 28 heavy (non-hydrogen) atoms. The van der Waals surface area contributed by atoms with E-state index in [0.29, 0.717) is 30.7 Å². The molecule has 0 aliphatic carbocycles. The van der Waals surface area contributed by atoms with E-state index in [-0.39, 0.29) is 23.1 Å². The van der Waals surface area contributed by atoms with Crippen molar-refractivity contribution in [3.63, 3.8) is 0 Å². The van der Waals surface area contributed by atoms with Crippen LogP contribution in [0.4, 0.5) is 5.95 Å². The molecule has 4 rings (SSSR count). The van der Waals surface area contributed by atoms with Gasteiger partial charge in [0.2, 0.25) is 11.9 Å². The summed E-state index contributed by atoms with van der Waals surface area (Å²) in [5.41, 5.74) is 5.35. The van der Waals surface area contributed by atoms with E-state index in [2.05, 4.69) is 27.0 Å². The number of nitrogens with one attached hydrogen (secondary N) is 1. The van der Waals surface area contributed by atoms with Gasteiger partial charge < -0.3 is 10.6 Å². The SMILES string of the molecule is CCC[C@H]1CCC[C@H]2[C@@H]3C[C@@H](CN(C(=O)CCc4nnc(N)[nH]c4=O)C3)CN12. The molecule has 4 heterocycles. The highest BCUT2D eigenvalue weighted by molar-refractivity contribution is 5.76. The normalized spacial score (nSPS) is 30.1. The largest absolute Gasteiger partial charge is 0.368 e. The Kier molecular flexibility index (Phi) is 5.66. The summed E-state index contributed by atoms with van der Waals surface area (Å²) in [6.45, 7) is 5.13. The monoisotopic (exact) mass is 388 g/mol. The topological polar surface area (TPSA) is 108 Å². The summed E-state index contributed by atoms with van der Waals surface area (Å²) in [5.74, 6) is 1.30. The van der Waals surface area contributed by atoms with Crippen LogP contribution in [-0.2, 0) is 11.2 Å². The number of fused-ring (bicyclic) bond motifs is 4. The van der Waals surface area contributed by atoms with E-state index in [9.17, 15) is 9.59 Å². The number of amides is 1. The Labute approximate surface area is 165 Å². The molecule has 0 radical (unpaired) electrons. The van der Waals surface area contributed by atoms with Crippen LogP contribution in [0.5, 0.6) is 0 Å². The molecule has 154 valence electrons. The molecule has 3 fully saturated rings. The van der Waals surface area contributed by atoms with Gasteiger partial charge in [-0.25, -0.2) is 0 Å². The van der Waals surface area contributed by atoms with Crippen molar-refractivity contribution in [3.05, 3.63) is 16.0 Å². The van der Waals surface area contributed by atoms with Gasteiger partial charge in [-0.2, -0.15) is 0 Å². The van der Waals surface area contributed by atoms with E-state index in [4.69, 9.17) is 5.73 Å². The van der Waals surface area contributed by atoms with Gasteiger partial charge in [0.25, 0.3) is 5.56 Å². The smallest absolute Gasteiger partial charge is 0.274 e. The predicted molar refractivity (Wildman–Crippen MR) is 107 cm³/mol. The predicted octanol–water partition coefficient (Wildman–Crippen LogP) is 1.18. The third-order valence-corrected chi connectivity index (χ3v) is 6.85. The Morgan fingerprint density at radius 2 is 2.11 bits per heavy atom. The highest BCUT2D eigenvalue weighted by atomic mass is 16.2. The van der Waals surface area contributed by atoms with Gasteiger partial charge in [0.05, 0.1) is 0 Å². The molecule has 2 bridgehead atoms. The number of nitrogen functional groups attached to an aromatic ring is 1. The lowest BCUT2D eigenvalue weighted by Gasteiger charge is -2.55. The molecule has 1 aromatic rings. The highest BCUT2D eigenvalue weighted by Gasteiger charge is 2.45. The van der Waals surface area contributed by atoms with Crippen LogP contribution < -0.4 is 11.3 Å². The van der Waals surface area contributed by atoms with Crippen LogP contribution in [-0.4, -0.2) is 62.6 Å². The Hall–Kier alpha value is -1.96. The van der Waals surface area contributed by atoms with Gasteiger partial charge in [-0.15, -0.1) is 10.2 Å². The van der Waals surface area contributed by atoms with E-state index in [0.717, 1.165) is 25.7 Å². The zero-order valence-electron chi connectivity index (χ0n) is 16.8. The van der Waals surface area contributed by atoms with Crippen LogP contribution >= 0.6 is 0 Å². The zero-order chi connectivity index (χ0) is 19.7. The minimum Gasteiger partial charge on any atom is -0.368 e. The first kappa shape index (κ1) is 19.4. The van der Waals surface area contributed by atoms with Gasteiger partial charge in [0.1, 0.15) is 5.69 Å². The maximum atomic E-state index is 12.8. The number of rotatable bonds is 5. The molecule has 8 nitrogen and oxygen atoms in total. The molecule has 0 saturated carbocycles. The Morgan fingerprint density at radius 1 is 1.25 bits per heavy atom. The van der Waals surface area contributed by atoms with Crippen molar-refractivity contribution in [3.8, 4) is 0 Å². The molecule has 1 aromatic heterocycles. The van der Waals surface area contributed by atoms with E-state index in [1.807, 2.05) is 4.90 Å². The summed E-state index contributed by atoms with van der Waals surface area (Å²) in [6.07, 6.45) is 8.35. The summed E-state index contributed by atoms with van der Waals surface area (Å²) >= 11 is 0. The minimum atomic E-state index is -0.351. The summed E-state index contributed by atoms with van der Waals surface area (Å²) in [7, 11) is 0. The van der Waals surface area contributed by atoms with Gasteiger partial charge in [-0.05, 0) is 37.5 Å². The van der Waals surface area contributed by atoms with Crippen molar-refractivity contribution >= 4 is 11.9 Å². The van der Waals surface area contributed by atoms with Crippen LogP contribution in [0.1, 0.15) is 57.6 Å². The summed E-state index contributed by atoms with van der Waals surface area (Å²) in [4.78, 5) is 32.0. The lowest BCUT2D eigenvalue weighted by atomic mass is 9.74. The number of H-pyrrole nitrogens is 1. The molecule has 8 heteroatoms. The van der Waals surface area contributed by atoms with Gasteiger partial charge in [0.15, 0.2) is 0 Å². The average molecular weight is 389 g/mol. The summed E-state index contributed by atoms with van der Waals surface area (Å²) < 4.78 is 0. The van der Waals surface area contributed by atoms with Gasteiger partial charge in [-0.3, -0.25) is 19.5 Å². The molecular weight excluding hydrogens is 356 g/mol. The maximum absolute atomic E-state index is 12.8. The second-order valence-electron chi connectivity index (χ2n) is 8.78. The summed E-state index contributed by atoms with van der Waals surface area (Å²) in [6, 6.07) is 1.38. The van der Waals surface area contributed by atoms with E-state index >= 15 is 0 Å². The molecule has 1 amide bonds. The molecule has 0 unspecified atom stereocenters. The highest BCUT2D eigenvalue weighted by Crippen LogP contribution is 2.40. The molecule has 3 aliphatic heterocycles. The number of hydrogen-bond acceptors (Lipinski definition) is 6. The maximum Gasteiger partial charge on any atom is 0.274 e. The molecular formula is C20H32N6O2. The number of hydrogen-bond donors (Lipinski definition) is 2. The Morgan fingerprint density at radius 3 is 2.89 bits per heavy atom. The molecule has 4 atom stereocenters. The second-order valence-corrected chi connectivity index (χ2v) is 8.78. The van der Waals surface area contributed by atoms with Gasteiger partial charge >= 0.3 is 0 Å². The van der Waals surface area contributed by atoms with Crippen molar-refractivity contribution < 1.29 is 4.79 Å². The number of aromatic amines is 1. The fraction of sp³-hybridized carbons (Fsp3) is 0.800. The van der Waals surface area contributed by atoms with Crippen LogP contribution in [0.15, 0.2) is 4.79 Å². The lowest BCUT2D eigenvalue weighted by molar-refractivity contribution is -0.139. The Balaban J connectivity index is 1.37. The first-order valence-corrected chi connectivity index (χ1v) is 10.8. The first-order chi connectivity index (χ1) is 13.5. The fourth-order valence-corrected chi connectivity index (χ4v) is 5.68. The third kappa shape index (κ3) is 3.92. The number of aryl methyl sites for hydroxylation is 1. The van der Waals surface area contributed by atoms with Crippen molar-refractivity contribution in [2.24, 2.45) is 11.8 Å². The van der Waals surface area contributed by atoms with Crippen molar-refractivity contribution in [2.45, 2.75) is 70.4 Å². The quantitative estimate of drug-likeness (QED) is 0.784. The number of likely N-dealkylation sites (tertiary alicyclic amines) is 1. The van der Waals surface area contributed by atoms with Crippen LogP contribution in [0.2, 0.25) is 0 Å². The van der Waals surface area contributed by atoms with Crippen LogP contribution in [0.3, 0.4) is 0 Å². The van der Waals surface area contributed by atoms with Crippen LogP contribution in [0.25, 0.3) is 0 Å². The second kappa shape index (κ2) is 8.19. The zero-order valence-corrected chi connectivity index (χ0v) is 16.8. The minimum absolute atomic E-state index is 0.00217. The fourth-order valence-electron chi connectivity index (χ4n) is 5.68. The lowest BCUT2D eigenvalue weighted by Crippen LogP contribution is -2.62. The van der Waals surface area contributed by atoms with Crippen LogP contribution in [0, 0.1) is 11.8 Å². The third-order valence-electron chi connectivity index (χ3n) is 6.85. The number of piperidine rings is 3. The van der Waals surface area contributed by atoms with E-state index in [1.54, 1.807) is 0 Å². The number of carbonyl (C=O) groups excluding carboxylic acids is 1. The number of aromatic nitrogens is 3.